The molecule has 0 aromatic rings. The van der Waals surface area contributed by atoms with Gasteiger partial charge >= 0.3 is 8.60 Å². The first-order chi connectivity index (χ1) is 7.14. The molecule has 0 aliphatic carbocycles. The Bertz CT molecular complexity index is 148. The average molecular weight is 273 g/mol. The highest BCUT2D eigenvalue weighted by Crippen LogP contribution is 2.47. The third-order valence-electron chi connectivity index (χ3n) is 0.851. The van der Waals surface area contributed by atoms with Crippen LogP contribution in [0.25, 0.3) is 0 Å². The van der Waals surface area contributed by atoms with E-state index in [1.54, 1.807) is 0 Å². The summed E-state index contributed by atoms with van der Waals surface area (Å²) in [7, 11) is -1.37. The van der Waals surface area contributed by atoms with Crippen molar-refractivity contribution in [2.75, 3.05) is 6.07 Å². The zero-order chi connectivity index (χ0) is 13.4. The highest BCUT2D eigenvalue weighted by atomic mass is 35.5. The smallest absolute Gasteiger partial charge is 0.306 e. The van der Waals surface area contributed by atoms with Crippen LogP contribution in [-0.4, -0.2) is 17.3 Å². The molecule has 0 aromatic heterocycles. The molecule has 0 saturated carbocycles. The molecule has 0 heterocycles. The molecule has 0 bridgehead atoms. The minimum atomic E-state index is -1.37. The number of rotatable bonds is 4. The van der Waals surface area contributed by atoms with Crippen molar-refractivity contribution >= 4 is 20.2 Å². The van der Waals surface area contributed by atoms with Crippen LogP contribution in [0.4, 0.5) is 0 Å². The zero-order valence-corrected chi connectivity index (χ0v) is 13.4. The fraction of sp³-hybridized carbons (Fsp3) is 1.00. The first kappa shape index (κ1) is 19.0. The molecule has 0 aliphatic heterocycles. The molecular weight excluding hydrogens is 247 g/mol. The summed E-state index contributed by atoms with van der Waals surface area (Å²) in [4.78, 5) is 0. The van der Waals surface area contributed by atoms with Gasteiger partial charge in [0, 0.05) is 0 Å². The summed E-state index contributed by atoms with van der Waals surface area (Å²) in [5.74, 6) is 0. The van der Waals surface area contributed by atoms with Gasteiger partial charge in [0.1, 0.15) is 6.07 Å². The lowest BCUT2D eigenvalue weighted by molar-refractivity contribution is 0.0380. The predicted octanol–water partition coefficient (Wildman–Crippen LogP) is 5.08. The van der Waals surface area contributed by atoms with Gasteiger partial charge in [-0.2, -0.15) is 0 Å². The second-order valence-electron chi connectivity index (χ2n) is 4.87. The summed E-state index contributed by atoms with van der Waals surface area (Å²) in [5, 5.41) is 0. The van der Waals surface area contributed by atoms with Crippen LogP contribution >= 0.6 is 20.2 Å². The molecule has 0 amide bonds. The van der Waals surface area contributed by atoms with Crippen molar-refractivity contribution in [3.05, 3.63) is 0 Å². The Morgan fingerprint density at radius 2 is 1.19 bits per heavy atom. The van der Waals surface area contributed by atoms with Gasteiger partial charge in [-0.1, -0.05) is 25.4 Å². The fourth-order valence-electron chi connectivity index (χ4n) is 0.558. The van der Waals surface area contributed by atoms with E-state index in [1.807, 2.05) is 55.4 Å². The highest BCUT2D eigenvalue weighted by Gasteiger charge is 2.26. The average Bonchev–Trinajstić information content (AvgIpc) is 2.01. The minimum Gasteiger partial charge on any atom is -0.306 e. The molecule has 0 aromatic carbocycles. The Morgan fingerprint density at radius 3 is 1.38 bits per heavy atom. The zero-order valence-electron chi connectivity index (χ0n) is 11.8. The van der Waals surface area contributed by atoms with Crippen molar-refractivity contribution in [1.82, 2.24) is 0 Å². The number of hydrogen-bond acceptors (Lipinski definition) is 3. The number of halogens is 1. The quantitative estimate of drug-likeness (QED) is 0.527. The summed E-state index contributed by atoms with van der Waals surface area (Å²) in [5.41, 5.74) is -0.577. The summed E-state index contributed by atoms with van der Waals surface area (Å²) in [6, 6.07) is 0.0812. The normalized spacial score (nSPS) is 12.4. The van der Waals surface area contributed by atoms with E-state index in [0.29, 0.717) is 0 Å². The third-order valence-corrected chi connectivity index (χ3v) is 2.85. The second-order valence-corrected chi connectivity index (χ2v) is 6.16. The van der Waals surface area contributed by atoms with Gasteiger partial charge in [0.2, 0.25) is 0 Å². The second kappa shape index (κ2) is 8.66. The molecule has 0 fully saturated rings. The van der Waals surface area contributed by atoms with E-state index < -0.39 is 8.60 Å². The first-order valence-electron chi connectivity index (χ1n) is 5.51. The molecule has 0 aliphatic rings. The van der Waals surface area contributed by atoms with Crippen molar-refractivity contribution in [3.8, 4) is 0 Å². The molecule has 5 heteroatoms. The van der Waals surface area contributed by atoms with Gasteiger partial charge < -0.3 is 9.05 Å². The highest BCUT2D eigenvalue weighted by molar-refractivity contribution is 7.41. The van der Waals surface area contributed by atoms with Crippen LogP contribution in [0.2, 0.25) is 0 Å². The standard InChI is InChI=1S/C9H20ClO3P.C2H6/c1-8(2,3)12-14(11-7-10)13-9(4,5)6;1-2/h7H2,1-6H3;1-2H3. The van der Waals surface area contributed by atoms with Crippen LogP contribution in [-0.2, 0) is 13.6 Å². The molecule has 0 N–H and O–H groups in total. The lowest BCUT2D eigenvalue weighted by Crippen LogP contribution is -2.22. The van der Waals surface area contributed by atoms with E-state index in [4.69, 9.17) is 25.2 Å². The molecule has 0 unspecified atom stereocenters. The Hall–Kier alpha value is 0.600. The Morgan fingerprint density at radius 1 is 0.875 bits per heavy atom. The van der Waals surface area contributed by atoms with Gasteiger partial charge in [-0.25, -0.2) is 0 Å². The van der Waals surface area contributed by atoms with Crippen LogP contribution in [0.15, 0.2) is 0 Å². The predicted molar refractivity (Wildman–Crippen MR) is 71.7 cm³/mol. The van der Waals surface area contributed by atoms with Gasteiger partial charge in [-0.15, -0.1) is 0 Å². The lowest BCUT2D eigenvalue weighted by Gasteiger charge is -2.29. The topological polar surface area (TPSA) is 27.7 Å². The Labute approximate surface area is 107 Å². The van der Waals surface area contributed by atoms with E-state index in [1.165, 1.54) is 0 Å². The third kappa shape index (κ3) is 14.6. The van der Waals surface area contributed by atoms with Crippen molar-refractivity contribution in [2.24, 2.45) is 0 Å². The molecule has 3 nitrogen and oxygen atoms in total. The van der Waals surface area contributed by atoms with Crippen molar-refractivity contribution in [2.45, 2.75) is 66.6 Å². The van der Waals surface area contributed by atoms with Crippen LogP contribution in [0.5, 0.6) is 0 Å². The van der Waals surface area contributed by atoms with E-state index in [-0.39, 0.29) is 17.3 Å². The van der Waals surface area contributed by atoms with E-state index in [0.717, 1.165) is 0 Å². The summed E-state index contributed by atoms with van der Waals surface area (Å²) < 4.78 is 16.4. The summed E-state index contributed by atoms with van der Waals surface area (Å²) in [6.07, 6.45) is 0. The first-order valence-corrected chi connectivity index (χ1v) is 7.14. The molecule has 100 valence electrons. The van der Waals surface area contributed by atoms with Crippen LogP contribution in [0, 0.1) is 0 Å². The summed E-state index contributed by atoms with van der Waals surface area (Å²) in [6.45, 7) is 15.7. The molecule has 0 atom stereocenters. The van der Waals surface area contributed by atoms with Gasteiger partial charge in [-0.3, -0.25) is 4.52 Å². The van der Waals surface area contributed by atoms with Crippen LogP contribution in [0.1, 0.15) is 55.4 Å². The maximum Gasteiger partial charge on any atom is 0.334 e. The SMILES string of the molecule is CC.CC(C)(C)OP(OCCl)OC(C)(C)C. The molecule has 16 heavy (non-hydrogen) atoms. The van der Waals surface area contributed by atoms with Crippen molar-refractivity contribution in [3.63, 3.8) is 0 Å². The van der Waals surface area contributed by atoms with E-state index in [9.17, 15) is 0 Å². The lowest BCUT2D eigenvalue weighted by atomic mass is 10.2. The van der Waals surface area contributed by atoms with E-state index in [2.05, 4.69) is 0 Å². The fourth-order valence-corrected chi connectivity index (χ4v) is 1.91. The Balaban J connectivity index is 0. The molecule has 0 rings (SSSR count). The van der Waals surface area contributed by atoms with Crippen molar-refractivity contribution < 1.29 is 13.6 Å². The van der Waals surface area contributed by atoms with Gasteiger partial charge in [0.15, 0.2) is 0 Å². The van der Waals surface area contributed by atoms with Crippen LogP contribution < -0.4 is 0 Å². The minimum absolute atomic E-state index is 0.0812. The van der Waals surface area contributed by atoms with Gasteiger partial charge in [-0.05, 0) is 41.5 Å². The van der Waals surface area contributed by atoms with E-state index >= 15 is 0 Å². The molecule has 0 spiro atoms. The summed E-state index contributed by atoms with van der Waals surface area (Å²) >= 11 is 5.49. The Kier molecular flexibility index (Phi) is 10.3. The maximum atomic E-state index is 5.59. The van der Waals surface area contributed by atoms with Crippen molar-refractivity contribution in [1.29, 1.82) is 0 Å². The number of alkyl halides is 1. The number of hydrogen-bond donors (Lipinski definition) is 0. The van der Waals surface area contributed by atoms with Gasteiger partial charge in [0.05, 0.1) is 11.2 Å². The molecule has 0 radical (unpaired) electrons. The molecule has 0 saturated heterocycles. The molecular formula is C11H26ClO3P. The monoisotopic (exact) mass is 272 g/mol. The van der Waals surface area contributed by atoms with Gasteiger partial charge in [0.25, 0.3) is 0 Å². The maximum absolute atomic E-state index is 5.59. The largest absolute Gasteiger partial charge is 0.334 e. The van der Waals surface area contributed by atoms with Crippen LogP contribution in [0.3, 0.4) is 0 Å².